The first-order valence-corrected chi connectivity index (χ1v) is 4.66. The second-order valence-corrected chi connectivity index (χ2v) is 3.69. The highest BCUT2D eigenvalue weighted by molar-refractivity contribution is 9.10. The third-order valence-corrected chi connectivity index (χ3v) is 2.64. The number of hydrogen-bond donors (Lipinski definition) is 0. The Morgan fingerprint density at radius 1 is 1.54 bits per heavy atom. The van der Waals surface area contributed by atoms with Crippen LogP contribution < -0.4 is 4.74 Å². The van der Waals surface area contributed by atoms with E-state index in [-0.39, 0.29) is 0 Å². The Kier molecular flexibility index (Phi) is 2.00. The van der Waals surface area contributed by atoms with E-state index in [4.69, 9.17) is 4.74 Å². The number of aromatic nitrogens is 2. The van der Waals surface area contributed by atoms with Crippen molar-refractivity contribution in [1.82, 2.24) is 9.55 Å². The van der Waals surface area contributed by atoms with E-state index in [1.54, 1.807) is 13.3 Å². The summed E-state index contributed by atoms with van der Waals surface area (Å²) < 4.78 is 8.13. The number of ether oxygens (including phenoxy) is 1. The van der Waals surface area contributed by atoms with Gasteiger partial charge in [-0.25, -0.2) is 4.98 Å². The molecule has 0 N–H and O–H groups in total. The molecule has 3 nitrogen and oxygen atoms in total. The summed E-state index contributed by atoms with van der Waals surface area (Å²) in [7, 11) is 3.60. The minimum absolute atomic E-state index is 0.638. The number of methoxy groups -OCH3 is 1. The number of hydrogen-bond acceptors (Lipinski definition) is 2. The van der Waals surface area contributed by atoms with Crippen LogP contribution in [0.5, 0.6) is 5.88 Å². The van der Waals surface area contributed by atoms with Gasteiger partial charge in [0.1, 0.15) is 0 Å². The molecular formula is C9H9BrN2O. The number of nitrogens with zero attached hydrogens (tertiary/aromatic N) is 2. The number of fused-ring (bicyclic) bond motifs is 1. The van der Waals surface area contributed by atoms with E-state index < -0.39 is 0 Å². The van der Waals surface area contributed by atoms with Gasteiger partial charge in [0, 0.05) is 29.2 Å². The molecule has 0 aliphatic rings. The van der Waals surface area contributed by atoms with E-state index in [1.165, 1.54) is 0 Å². The predicted molar refractivity (Wildman–Crippen MR) is 55.0 cm³/mol. The van der Waals surface area contributed by atoms with Crippen molar-refractivity contribution in [3.05, 3.63) is 22.9 Å². The average molecular weight is 241 g/mol. The first kappa shape index (κ1) is 8.56. The van der Waals surface area contributed by atoms with Crippen molar-refractivity contribution < 1.29 is 4.74 Å². The molecule has 0 radical (unpaired) electrons. The molecule has 0 aliphatic carbocycles. The molecule has 0 unspecified atom stereocenters. The first-order chi connectivity index (χ1) is 6.22. The fourth-order valence-corrected chi connectivity index (χ4v) is 1.95. The topological polar surface area (TPSA) is 27.1 Å². The molecule has 0 bridgehead atoms. The molecule has 4 heteroatoms. The summed E-state index contributed by atoms with van der Waals surface area (Å²) >= 11 is 3.48. The zero-order valence-electron chi connectivity index (χ0n) is 7.41. The van der Waals surface area contributed by atoms with Crippen molar-refractivity contribution in [2.45, 2.75) is 0 Å². The largest absolute Gasteiger partial charge is 0.481 e. The fourth-order valence-electron chi connectivity index (χ4n) is 1.32. The van der Waals surface area contributed by atoms with Gasteiger partial charge in [0.05, 0.1) is 18.8 Å². The van der Waals surface area contributed by atoms with E-state index in [9.17, 15) is 0 Å². The summed E-state index contributed by atoms with van der Waals surface area (Å²) in [5.41, 5.74) is 1.09. The van der Waals surface area contributed by atoms with Gasteiger partial charge >= 0.3 is 0 Å². The number of aryl methyl sites for hydroxylation is 1. The van der Waals surface area contributed by atoms with E-state index in [0.29, 0.717) is 5.88 Å². The van der Waals surface area contributed by atoms with Gasteiger partial charge in [-0.2, -0.15) is 0 Å². The Balaban J connectivity index is 2.76. The maximum Gasteiger partial charge on any atom is 0.213 e. The third-order valence-electron chi connectivity index (χ3n) is 2.01. The van der Waals surface area contributed by atoms with Crippen LogP contribution in [0.25, 0.3) is 10.9 Å². The van der Waals surface area contributed by atoms with Crippen LogP contribution in [0.2, 0.25) is 0 Å². The standard InChI is InChI=1S/C9H9BrN2O/c1-12-5-7(10)6-3-9(13-2)11-4-8(6)12/h3-5H,1-2H3. The van der Waals surface area contributed by atoms with Crippen molar-refractivity contribution in [1.29, 1.82) is 0 Å². The van der Waals surface area contributed by atoms with Crippen LogP contribution in [0.3, 0.4) is 0 Å². The molecule has 2 rings (SSSR count). The zero-order chi connectivity index (χ0) is 9.42. The number of rotatable bonds is 1. The predicted octanol–water partition coefficient (Wildman–Crippen LogP) is 2.34. The molecule has 0 saturated heterocycles. The second kappa shape index (κ2) is 3.03. The molecule has 0 amide bonds. The molecule has 68 valence electrons. The summed E-state index contributed by atoms with van der Waals surface area (Å²) in [5, 5.41) is 1.12. The highest BCUT2D eigenvalue weighted by Gasteiger charge is 2.05. The lowest BCUT2D eigenvalue weighted by Crippen LogP contribution is -1.88. The highest BCUT2D eigenvalue weighted by Crippen LogP contribution is 2.27. The van der Waals surface area contributed by atoms with Gasteiger partial charge in [-0.05, 0) is 15.9 Å². The maximum absolute atomic E-state index is 5.05. The molecule has 0 aromatic carbocycles. The summed E-state index contributed by atoms with van der Waals surface area (Å²) in [6, 6.07) is 1.92. The molecular weight excluding hydrogens is 232 g/mol. The van der Waals surface area contributed by atoms with Crippen LogP contribution in [0.15, 0.2) is 22.9 Å². The van der Waals surface area contributed by atoms with E-state index >= 15 is 0 Å². The lowest BCUT2D eigenvalue weighted by Gasteiger charge is -1.98. The van der Waals surface area contributed by atoms with Crippen molar-refractivity contribution in [2.24, 2.45) is 7.05 Å². The Morgan fingerprint density at radius 3 is 3.00 bits per heavy atom. The van der Waals surface area contributed by atoms with Crippen molar-refractivity contribution in [2.75, 3.05) is 7.11 Å². The van der Waals surface area contributed by atoms with Crippen molar-refractivity contribution in [3.8, 4) is 5.88 Å². The molecule has 13 heavy (non-hydrogen) atoms. The van der Waals surface area contributed by atoms with Gasteiger partial charge < -0.3 is 9.30 Å². The highest BCUT2D eigenvalue weighted by atomic mass is 79.9. The molecule has 0 atom stereocenters. The SMILES string of the molecule is COc1cc2c(Br)cn(C)c2cn1. The van der Waals surface area contributed by atoms with Gasteiger partial charge in [0.15, 0.2) is 0 Å². The monoisotopic (exact) mass is 240 g/mol. The summed E-state index contributed by atoms with van der Waals surface area (Å²) in [6.07, 6.45) is 3.81. The molecule has 0 fully saturated rings. The second-order valence-electron chi connectivity index (χ2n) is 2.83. The van der Waals surface area contributed by atoms with Gasteiger partial charge in [-0.15, -0.1) is 0 Å². The summed E-state index contributed by atoms with van der Waals surface area (Å²) in [6.45, 7) is 0. The van der Waals surface area contributed by atoms with Gasteiger partial charge in [0.25, 0.3) is 0 Å². The molecule has 2 aromatic heterocycles. The van der Waals surface area contributed by atoms with Crippen LogP contribution in [0, 0.1) is 0 Å². The molecule has 0 aliphatic heterocycles. The van der Waals surface area contributed by atoms with Gasteiger partial charge in [-0.1, -0.05) is 0 Å². The normalized spacial score (nSPS) is 10.7. The Morgan fingerprint density at radius 2 is 2.31 bits per heavy atom. The zero-order valence-corrected chi connectivity index (χ0v) is 9.00. The minimum Gasteiger partial charge on any atom is -0.481 e. The Labute approximate surface area is 84.5 Å². The maximum atomic E-state index is 5.05. The van der Waals surface area contributed by atoms with Crippen LogP contribution in [-0.2, 0) is 7.05 Å². The minimum atomic E-state index is 0.638. The lowest BCUT2D eigenvalue weighted by atomic mass is 10.3. The van der Waals surface area contributed by atoms with Crippen LogP contribution in [0.4, 0.5) is 0 Å². The molecule has 0 spiro atoms. The quantitative estimate of drug-likeness (QED) is 0.766. The fraction of sp³-hybridized carbons (Fsp3) is 0.222. The van der Waals surface area contributed by atoms with Crippen LogP contribution in [-0.4, -0.2) is 16.7 Å². The Bertz CT molecular complexity index is 450. The first-order valence-electron chi connectivity index (χ1n) is 3.87. The molecule has 0 saturated carbocycles. The average Bonchev–Trinajstić information content (AvgIpc) is 2.42. The number of halogens is 1. The summed E-state index contributed by atoms with van der Waals surface area (Å²) in [5.74, 6) is 0.638. The van der Waals surface area contributed by atoms with E-state index in [2.05, 4.69) is 20.9 Å². The van der Waals surface area contributed by atoms with E-state index in [0.717, 1.165) is 15.4 Å². The number of pyridine rings is 1. The lowest BCUT2D eigenvalue weighted by molar-refractivity contribution is 0.398. The molecule has 2 heterocycles. The van der Waals surface area contributed by atoms with Crippen LogP contribution in [0.1, 0.15) is 0 Å². The van der Waals surface area contributed by atoms with E-state index in [1.807, 2.05) is 23.9 Å². The van der Waals surface area contributed by atoms with Crippen molar-refractivity contribution in [3.63, 3.8) is 0 Å². The van der Waals surface area contributed by atoms with Gasteiger partial charge in [-0.3, -0.25) is 0 Å². The smallest absolute Gasteiger partial charge is 0.213 e. The Hall–Kier alpha value is -1.03. The third kappa shape index (κ3) is 1.31. The van der Waals surface area contributed by atoms with Crippen molar-refractivity contribution >= 4 is 26.8 Å². The summed E-state index contributed by atoms with van der Waals surface area (Å²) in [4.78, 5) is 4.14. The molecule has 2 aromatic rings. The van der Waals surface area contributed by atoms with Gasteiger partial charge in [0.2, 0.25) is 5.88 Å². The van der Waals surface area contributed by atoms with Crippen LogP contribution >= 0.6 is 15.9 Å².